The Morgan fingerprint density at radius 2 is 2.00 bits per heavy atom. The van der Waals surface area contributed by atoms with E-state index in [-0.39, 0.29) is 0 Å². The number of alkyl halides is 1. The molecule has 3 radical (unpaired) electrons. The van der Waals surface area contributed by atoms with Crippen LogP contribution in [0, 0.1) is 0 Å². The molecule has 0 amide bonds. The maximum Gasteiger partial charge on any atom is 0.107 e. The third-order valence-electron chi connectivity index (χ3n) is 0.109. The Bertz CT molecular complexity index is 21.5. The summed E-state index contributed by atoms with van der Waals surface area (Å²) in [5.41, 5.74) is 0. The molecule has 0 saturated carbocycles. The normalized spacial score (nSPS) is 5.17. The van der Waals surface area contributed by atoms with Gasteiger partial charge in [-0.1, -0.05) is 12.6 Å². The average molecular weight is 103 g/mol. The average Bonchev–Trinajstić information content (AvgIpc) is 1.72. The quantitative estimate of drug-likeness (QED) is 0.347. The number of halogens is 1. The molecule has 0 aromatic carbocycles. The molecule has 0 aliphatic rings. The second-order valence-corrected chi connectivity index (χ2v) is 0.443. The van der Waals surface area contributed by atoms with E-state index in [1.165, 1.54) is 6.08 Å². The van der Waals surface area contributed by atoms with E-state index in [0.717, 1.165) is 0 Å². The minimum absolute atomic E-state index is 0.417. The van der Waals surface area contributed by atoms with Gasteiger partial charge in [-0.3, -0.25) is 0 Å². The van der Waals surface area contributed by atoms with Gasteiger partial charge >= 0.3 is 0 Å². The molecule has 0 spiro atoms. The highest BCUT2D eigenvalue weighted by molar-refractivity contribution is 6.05. The molecule has 0 saturated heterocycles. The van der Waals surface area contributed by atoms with E-state index in [9.17, 15) is 4.39 Å². The highest BCUT2D eigenvalue weighted by atomic mass is 28.1. The molecule has 0 unspecified atom stereocenters. The third-order valence-corrected chi connectivity index (χ3v) is 0.109. The minimum Gasteiger partial charge on any atom is -0.247 e. The zero-order valence-electron chi connectivity index (χ0n) is 3.87. The van der Waals surface area contributed by atoms with Crippen LogP contribution in [0.15, 0.2) is 12.7 Å². The Balaban J connectivity index is 0. The molecule has 0 N–H and O–H groups in total. The summed E-state index contributed by atoms with van der Waals surface area (Å²) < 4.78 is 10.6. The third kappa shape index (κ3) is 41.2. The molecule has 6 heavy (non-hydrogen) atoms. The Morgan fingerprint density at radius 1 is 1.83 bits per heavy atom. The van der Waals surface area contributed by atoms with Gasteiger partial charge in [0, 0.05) is 10.2 Å². The van der Waals surface area contributed by atoms with Crippen LogP contribution in [0.3, 0.4) is 0 Å². The van der Waals surface area contributed by atoms with Crippen molar-refractivity contribution in [3.8, 4) is 0 Å². The minimum atomic E-state index is -0.417. The van der Waals surface area contributed by atoms with E-state index < -0.39 is 6.67 Å². The predicted molar refractivity (Wildman–Crippen MR) is 27.8 cm³/mol. The van der Waals surface area contributed by atoms with Crippen molar-refractivity contribution in [1.29, 1.82) is 0 Å². The van der Waals surface area contributed by atoms with E-state index in [2.05, 4.69) is 16.8 Å². The first-order valence-corrected chi connectivity index (χ1v) is 2.58. The van der Waals surface area contributed by atoms with Crippen LogP contribution < -0.4 is 0 Å². The van der Waals surface area contributed by atoms with Gasteiger partial charge in [-0.15, -0.1) is 6.58 Å². The molecule has 0 fully saturated rings. The first kappa shape index (κ1) is 9.31. The molecule has 0 aromatic heterocycles. The van der Waals surface area contributed by atoms with E-state index in [4.69, 9.17) is 0 Å². The monoisotopic (exact) mass is 103 g/mol. The molecule has 0 nitrogen and oxygen atoms in total. The van der Waals surface area contributed by atoms with Gasteiger partial charge in [0.2, 0.25) is 0 Å². The zero-order valence-corrected chi connectivity index (χ0v) is 4.87. The second-order valence-electron chi connectivity index (χ2n) is 0.443. The number of hydrogen-bond donors (Lipinski definition) is 0. The molecule has 2 heteroatoms. The summed E-state index contributed by atoms with van der Waals surface area (Å²) in [5.74, 6) is 0. The van der Waals surface area contributed by atoms with Crippen molar-refractivity contribution in [2.24, 2.45) is 0 Å². The lowest BCUT2D eigenvalue weighted by Gasteiger charge is -1.54. The van der Waals surface area contributed by atoms with Crippen molar-refractivity contribution in [1.82, 2.24) is 0 Å². The Hall–Kier alpha value is -0.113. The van der Waals surface area contributed by atoms with Gasteiger partial charge in [-0.25, -0.2) is 4.39 Å². The summed E-state index contributed by atoms with van der Waals surface area (Å²) in [4.78, 5) is 0. The summed E-state index contributed by atoms with van der Waals surface area (Å²) in [5, 5.41) is 0. The lowest BCUT2D eigenvalue weighted by Crippen LogP contribution is -1.48. The highest BCUT2D eigenvalue weighted by Crippen LogP contribution is 1.58. The Morgan fingerprint density at radius 3 is 2.00 bits per heavy atom. The largest absolute Gasteiger partial charge is 0.247 e. The smallest absolute Gasteiger partial charge is 0.107 e. The fourth-order valence-corrected chi connectivity index (χ4v) is 0. The standard InChI is InChI=1S/C3H5F.CH3Si/c1-2-3-4;1-2/h2H,1,3H2;1H3. The fraction of sp³-hybridized carbons (Fsp3) is 0.500. The summed E-state index contributed by atoms with van der Waals surface area (Å²) in [6.07, 6.45) is 1.21. The first-order chi connectivity index (χ1) is 2.91. The molecular weight excluding hydrogens is 95.1 g/mol. The van der Waals surface area contributed by atoms with Gasteiger partial charge in [0.05, 0.1) is 0 Å². The molecule has 0 aliphatic heterocycles. The van der Waals surface area contributed by atoms with Gasteiger partial charge in [0.15, 0.2) is 0 Å². The molecular formula is C4H8FSi. The van der Waals surface area contributed by atoms with Crippen LogP contribution in [-0.2, 0) is 0 Å². The molecule has 35 valence electrons. The van der Waals surface area contributed by atoms with Crippen LogP contribution in [0.2, 0.25) is 6.55 Å². The van der Waals surface area contributed by atoms with Crippen LogP contribution in [0.5, 0.6) is 0 Å². The summed E-state index contributed by atoms with van der Waals surface area (Å²) in [6.45, 7) is 4.49. The number of allylic oxidation sites excluding steroid dienone is 1. The highest BCUT2D eigenvalue weighted by Gasteiger charge is 1.49. The van der Waals surface area contributed by atoms with Gasteiger partial charge < -0.3 is 0 Å². The number of hydrogen-bond acceptors (Lipinski definition) is 0. The van der Waals surface area contributed by atoms with E-state index >= 15 is 0 Å². The lowest BCUT2D eigenvalue weighted by molar-refractivity contribution is 0.562. The van der Waals surface area contributed by atoms with Crippen molar-refractivity contribution < 1.29 is 4.39 Å². The van der Waals surface area contributed by atoms with Crippen molar-refractivity contribution in [3.05, 3.63) is 12.7 Å². The van der Waals surface area contributed by atoms with Gasteiger partial charge in [-0.2, -0.15) is 0 Å². The predicted octanol–water partition coefficient (Wildman–Crippen LogP) is 1.34. The van der Waals surface area contributed by atoms with Crippen LogP contribution >= 0.6 is 0 Å². The maximum atomic E-state index is 10.6. The Labute approximate surface area is 41.5 Å². The summed E-state index contributed by atoms with van der Waals surface area (Å²) in [6, 6.07) is 0. The molecule has 0 rings (SSSR count). The number of rotatable bonds is 1. The maximum absolute atomic E-state index is 10.6. The van der Waals surface area contributed by atoms with Crippen LogP contribution in [0.4, 0.5) is 4.39 Å². The molecule has 0 heterocycles. The van der Waals surface area contributed by atoms with Crippen LogP contribution in [-0.4, -0.2) is 16.9 Å². The second kappa shape index (κ2) is 20.7. The van der Waals surface area contributed by atoms with Crippen LogP contribution in [0.25, 0.3) is 0 Å². The van der Waals surface area contributed by atoms with Gasteiger partial charge in [0.1, 0.15) is 6.67 Å². The van der Waals surface area contributed by atoms with Gasteiger partial charge in [-0.05, 0) is 0 Å². The summed E-state index contributed by atoms with van der Waals surface area (Å²) in [7, 11) is 2.97. The van der Waals surface area contributed by atoms with Crippen molar-refractivity contribution in [3.63, 3.8) is 0 Å². The van der Waals surface area contributed by atoms with E-state index in [1.807, 2.05) is 0 Å². The van der Waals surface area contributed by atoms with Crippen molar-refractivity contribution in [2.45, 2.75) is 6.55 Å². The zero-order chi connectivity index (χ0) is 5.41. The Kier molecular flexibility index (Phi) is 32.2. The van der Waals surface area contributed by atoms with E-state index in [0.29, 0.717) is 0 Å². The van der Waals surface area contributed by atoms with Gasteiger partial charge in [0.25, 0.3) is 0 Å². The molecule has 0 bridgehead atoms. The van der Waals surface area contributed by atoms with E-state index in [1.54, 1.807) is 6.55 Å². The van der Waals surface area contributed by atoms with Crippen molar-refractivity contribution in [2.75, 3.05) is 6.67 Å². The molecule has 0 aromatic rings. The molecule has 0 atom stereocenters. The van der Waals surface area contributed by atoms with Crippen molar-refractivity contribution >= 4 is 10.2 Å². The molecule has 0 aliphatic carbocycles. The first-order valence-electron chi connectivity index (χ1n) is 1.58. The summed E-state index contributed by atoms with van der Waals surface area (Å²) >= 11 is 0. The van der Waals surface area contributed by atoms with Crippen LogP contribution in [0.1, 0.15) is 0 Å². The topological polar surface area (TPSA) is 0 Å². The fourth-order valence-electron chi connectivity index (χ4n) is 0. The lowest BCUT2D eigenvalue weighted by atomic mass is 10.7. The SMILES string of the molecule is C=CCF.C[Si].